The minimum absolute atomic E-state index is 0.0235. The summed E-state index contributed by atoms with van der Waals surface area (Å²) in [5, 5.41) is 5.57. The third kappa shape index (κ3) is 4.87. The minimum atomic E-state index is -0.567. The Balaban J connectivity index is 1.44. The number of amides is 3. The van der Waals surface area contributed by atoms with Crippen LogP contribution in [0.4, 0.5) is 5.69 Å². The first kappa shape index (κ1) is 21.3. The molecule has 1 aromatic heterocycles. The number of hydrogen-bond acceptors (Lipinski definition) is 5. The summed E-state index contributed by atoms with van der Waals surface area (Å²) >= 11 is 0. The number of nitrogens with two attached hydrogens (primary N) is 1. The van der Waals surface area contributed by atoms with Gasteiger partial charge in [-0.05, 0) is 41.8 Å². The molecular weight excluding hydrogens is 408 g/mol. The van der Waals surface area contributed by atoms with Gasteiger partial charge >= 0.3 is 0 Å². The minimum Gasteiger partial charge on any atom is -0.467 e. The molecule has 4 rings (SSSR count). The van der Waals surface area contributed by atoms with Crippen LogP contribution < -0.4 is 16.4 Å². The Morgan fingerprint density at radius 3 is 2.50 bits per heavy atom. The van der Waals surface area contributed by atoms with E-state index in [1.54, 1.807) is 41.3 Å². The highest BCUT2D eigenvalue weighted by molar-refractivity contribution is 6.04. The van der Waals surface area contributed by atoms with E-state index >= 15 is 0 Å². The molecule has 0 aliphatic carbocycles. The summed E-state index contributed by atoms with van der Waals surface area (Å²) in [6.07, 6.45) is 2.00. The van der Waals surface area contributed by atoms with Gasteiger partial charge in [-0.25, -0.2) is 0 Å². The van der Waals surface area contributed by atoms with E-state index in [-0.39, 0.29) is 24.9 Å². The van der Waals surface area contributed by atoms with E-state index in [1.807, 2.05) is 24.3 Å². The van der Waals surface area contributed by atoms with Gasteiger partial charge < -0.3 is 20.8 Å². The number of fused-ring (bicyclic) bond motifs is 1. The lowest BCUT2D eigenvalue weighted by atomic mass is 9.93. The predicted octanol–water partition coefficient (Wildman–Crippen LogP) is 2.06. The second-order valence-electron chi connectivity index (χ2n) is 7.65. The van der Waals surface area contributed by atoms with Crippen LogP contribution in [-0.2, 0) is 29.1 Å². The fourth-order valence-electron chi connectivity index (χ4n) is 3.86. The molecule has 0 radical (unpaired) electrons. The van der Waals surface area contributed by atoms with Gasteiger partial charge in [-0.2, -0.15) is 0 Å². The molecule has 0 unspecified atom stereocenters. The number of carbonyl (C=O) groups excluding carboxylic acids is 3. The normalized spacial score (nSPS) is 15.6. The van der Waals surface area contributed by atoms with Crippen LogP contribution in [-0.4, -0.2) is 35.2 Å². The average Bonchev–Trinajstić information content (AvgIpc) is 3.31. The van der Waals surface area contributed by atoms with Crippen molar-refractivity contribution in [3.05, 3.63) is 89.4 Å². The van der Waals surface area contributed by atoms with E-state index < -0.39 is 11.9 Å². The maximum absolute atomic E-state index is 12.8. The van der Waals surface area contributed by atoms with Gasteiger partial charge in [0, 0.05) is 6.54 Å². The zero-order valence-electron chi connectivity index (χ0n) is 17.4. The smallest absolute Gasteiger partial charge is 0.253 e. The number of rotatable bonds is 7. The van der Waals surface area contributed by atoms with Gasteiger partial charge in [0.25, 0.3) is 5.91 Å². The summed E-state index contributed by atoms with van der Waals surface area (Å²) in [5.41, 5.74) is 8.46. The van der Waals surface area contributed by atoms with Gasteiger partial charge in [-0.1, -0.05) is 36.4 Å². The molecule has 3 aromatic rings. The Labute approximate surface area is 185 Å². The Morgan fingerprint density at radius 1 is 1.00 bits per heavy atom. The van der Waals surface area contributed by atoms with E-state index in [0.717, 1.165) is 11.1 Å². The Bertz CT molecular complexity index is 1130. The summed E-state index contributed by atoms with van der Waals surface area (Å²) in [6, 6.07) is 17.5. The molecule has 3 amide bonds. The van der Waals surface area contributed by atoms with Crippen LogP contribution in [0.1, 0.15) is 27.2 Å². The van der Waals surface area contributed by atoms with Crippen molar-refractivity contribution in [3.8, 4) is 0 Å². The van der Waals surface area contributed by atoms with Crippen LogP contribution in [0.2, 0.25) is 0 Å². The number of anilines is 1. The molecular formula is C24H24N4O4. The van der Waals surface area contributed by atoms with E-state index in [0.29, 0.717) is 30.0 Å². The predicted molar refractivity (Wildman–Crippen MR) is 118 cm³/mol. The zero-order chi connectivity index (χ0) is 22.5. The quantitative estimate of drug-likeness (QED) is 0.528. The van der Waals surface area contributed by atoms with Gasteiger partial charge in [0.05, 0.1) is 36.6 Å². The number of nitrogens with zero attached hydrogens (tertiary/aromatic N) is 1. The molecule has 0 spiro atoms. The first-order valence-electron chi connectivity index (χ1n) is 10.3. The maximum atomic E-state index is 12.8. The summed E-state index contributed by atoms with van der Waals surface area (Å²) < 4.78 is 5.23. The van der Waals surface area contributed by atoms with Crippen LogP contribution in [0.15, 0.2) is 71.3 Å². The highest BCUT2D eigenvalue weighted by Crippen LogP contribution is 2.23. The van der Waals surface area contributed by atoms with E-state index in [1.165, 1.54) is 6.26 Å². The Hall–Kier alpha value is -3.91. The van der Waals surface area contributed by atoms with Crippen molar-refractivity contribution < 1.29 is 18.8 Å². The Morgan fingerprint density at radius 2 is 1.75 bits per heavy atom. The maximum Gasteiger partial charge on any atom is 0.253 e. The van der Waals surface area contributed by atoms with Crippen LogP contribution in [0.25, 0.3) is 0 Å². The first-order valence-corrected chi connectivity index (χ1v) is 10.3. The number of furan rings is 1. The van der Waals surface area contributed by atoms with Crippen molar-refractivity contribution >= 4 is 23.4 Å². The monoisotopic (exact) mass is 432 g/mol. The third-order valence-corrected chi connectivity index (χ3v) is 5.47. The van der Waals surface area contributed by atoms with Gasteiger partial charge in [0.1, 0.15) is 5.76 Å². The molecule has 1 aliphatic rings. The number of nitrogens with one attached hydrogen (secondary N) is 2. The third-order valence-electron chi connectivity index (χ3n) is 5.47. The van der Waals surface area contributed by atoms with Crippen molar-refractivity contribution in [1.29, 1.82) is 0 Å². The Kier molecular flexibility index (Phi) is 6.32. The van der Waals surface area contributed by atoms with E-state index in [2.05, 4.69) is 10.6 Å². The van der Waals surface area contributed by atoms with Crippen LogP contribution >= 0.6 is 0 Å². The van der Waals surface area contributed by atoms with Gasteiger partial charge in [-0.3, -0.25) is 19.3 Å². The first-order chi connectivity index (χ1) is 15.5. The van der Waals surface area contributed by atoms with Gasteiger partial charge in [0.15, 0.2) is 0 Å². The molecule has 8 nitrogen and oxygen atoms in total. The van der Waals surface area contributed by atoms with Crippen LogP contribution in [0.5, 0.6) is 0 Å². The number of carbonyl (C=O) groups is 3. The molecule has 4 N–H and O–H groups in total. The van der Waals surface area contributed by atoms with Gasteiger partial charge in [-0.15, -0.1) is 0 Å². The second-order valence-corrected chi connectivity index (χ2v) is 7.65. The number of primary amides is 1. The summed E-state index contributed by atoms with van der Waals surface area (Å²) in [5.74, 6) is -0.506. The molecule has 0 bridgehead atoms. The van der Waals surface area contributed by atoms with E-state index in [4.69, 9.17) is 10.2 Å². The lowest BCUT2D eigenvalue weighted by molar-refractivity contribution is -0.125. The average molecular weight is 432 g/mol. The molecule has 1 atom stereocenters. The van der Waals surface area contributed by atoms with Crippen LogP contribution in [0.3, 0.4) is 0 Å². The van der Waals surface area contributed by atoms with Crippen molar-refractivity contribution in [2.45, 2.75) is 25.6 Å². The topological polar surface area (TPSA) is 118 Å². The summed E-state index contributed by atoms with van der Waals surface area (Å²) in [6.45, 7) is 0.661. The number of benzene rings is 2. The SMILES string of the molecule is NC(=O)[C@@H]1Cc2ccccc2CN1CC(=O)Nc1ccccc1C(=O)NCc1ccco1. The van der Waals surface area contributed by atoms with Gasteiger partial charge in [0.2, 0.25) is 11.8 Å². The lowest BCUT2D eigenvalue weighted by Crippen LogP contribution is -2.51. The molecule has 0 saturated carbocycles. The molecule has 164 valence electrons. The fourth-order valence-corrected chi connectivity index (χ4v) is 3.86. The van der Waals surface area contributed by atoms with Crippen LogP contribution in [0, 0.1) is 0 Å². The molecule has 0 saturated heterocycles. The highest BCUT2D eigenvalue weighted by Gasteiger charge is 2.31. The lowest BCUT2D eigenvalue weighted by Gasteiger charge is -2.34. The van der Waals surface area contributed by atoms with E-state index in [9.17, 15) is 14.4 Å². The zero-order valence-corrected chi connectivity index (χ0v) is 17.4. The summed E-state index contributed by atoms with van der Waals surface area (Å²) in [4.78, 5) is 39.2. The van der Waals surface area contributed by atoms with Crippen molar-refractivity contribution in [1.82, 2.24) is 10.2 Å². The summed E-state index contributed by atoms with van der Waals surface area (Å²) in [7, 11) is 0. The molecule has 0 fully saturated rings. The van der Waals surface area contributed by atoms with Crippen molar-refractivity contribution in [3.63, 3.8) is 0 Å². The molecule has 2 heterocycles. The highest BCUT2D eigenvalue weighted by atomic mass is 16.3. The molecule has 1 aliphatic heterocycles. The number of para-hydroxylation sites is 1. The van der Waals surface area contributed by atoms with Crippen molar-refractivity contribution in [2.24, 2.45) is 5.73 Å². The fraction of sp³-hybridized carbons (Fsp3) is 0.208. The molecule has 32 heavy (non-hydrogen) atoms. The second kappa shape index (κ2) is 9.49. The largest absolute Gasteiger partial charge is 0.467 e. The van der Waals surface area contributed by atoms with Crippen molar-refractivity contribution in [2.75, 3.05) is 11.9 Å². The standard InChI is InChI=1S/C24H24N4O4/c25-23(30)21-12-16-6-1-2-7-17(16)14-28(21)15-22(29)27-20-10-4-3-9-19(20)24(31)26-13-18-8-5-11-32-18/h1-11,21H,12-15H2,(H2,25,30)(H,26,31)(H,27,29)/t21-/m0/s1. The molecule has 2 aromatic carbocycles. The number of hydrogen-bond donors (Lipinski definition) is 3. The molecule has 8 heteroatoms.